The second-order valence-corrected chi connectivity index (χ2v) is 4.43. The van der Waals surface area contributed by atoms with Gasteiger partial charge in [-0.2, -0.15) is 0 Å². The second kappa shape index (κ2) is 4.01. The standard InChI is InChI=1S/C13H15N3O2.H2/c1-3-18-13(17)8-6-14-9-4-5-10-12(11(8)9)16-7(2)15-10;/h6,14H,3-5H2,1-2H3,(H,15,16);1H. The van der Waals surface area contributed by atoms with E-state index in [1.807, 2.05) is 6.92 Å². The monoisotopic (exact) mass is 247 g/mol. The summed E-state index contributed by atoms with van der Waals surface area (Å²) in [5, 5.41) is 0. The minimum atomic E-state index is -0.288. The molecule has 0 amide bonds. The molecule has 0 aromatic carbocycles. The number of hydrogen-bond acceptors (Lipinski definition) is 3. The molecule has 3 rings (SSSR count). The van der Waals surface area contributed by atoms with E-state index in [1.54, 1.807) is 13.1 Å². The molecular formula is C13H17N3O2. The molecule has 0 aliphatic heterocycles. The van der Waals surface area contributed by atoms with Crippen molar-refractivity contribution in [2.75, 3.05) is 6.61 Å². The zero-order chi connectivity index (χ0) is 12.7. The van der Waals surface area contributed by atoms with E-state index < -0.39 is 0 Å². The highest BCUT2D eigenvalue weighted by molar-refractivity contribution is 5.98. The van der Waals surface area contributed by atoms with Gasteiger partial charge in [-0.25, -0.2) is 9.78 Å². The number of fused-ring (bicyclic) bond motifs is 3. The summed E-state index contributed by atoms with van der Waals surface area (Å²) in [5.41, 5.74) is 4.54. The van der Waals surface area contributed by atoms with Gasteiger partial charge < -0.3 is 14.7 Å². The largest absolute Gasteiger partial charge is 0.462 e. The predicted octanol–water partition coefficient (Wildman–Crippen LogP) is 2.23. The summed E-state index contributed by atoms with van der Waals surface area (Å²) in [6.07, 6.45) is 3.54. The first-order valence-electron chi connectivity index (χ1n) is 6.14. The molecule has 5 nitrogen and oxygen atoms in total. The van der Waals surface area contributed by atoms with Gasteiger partial charge in [-0.1, -0.05) is 0 Å². The van der Waals surface area contributed by atoms with Crippen LogP contribution in [0.5, 0.6) is 0 Å². The van der Waals surface area contributed by atoms with Crippen molar-refractivity contribution in [3.8, 4) is 11.3 Å². The minimum absolute atomic E-state index is 0. The number of H-pyrrole nitrogens is 2. The molecule has 0 unspecified atom stereocenters. The average Bonchev–Trinajstić information content (AvgIpc) is 2.90. The fraction of sp³-hybridized carbons (Fsp3) is 0.385. The Balaban J connectivity index is 0.00000133. The minimum Gasteiger partial charge on any atom is -0.462 e. The summed E-state index contributed by atoms with van der Waals surface area (Å²) >= 11 is 0. The van der Waals surface area contributed by atoms with E-state index in [9.17, 15) is 4.79 Å². The third-order valence-electron chi connectivity index (χ3n) is 3.22. The number of ether oxygens (including phenoxy) is 1. The van der Waals surface area contributed by atoms with E-state index in [-0.39, 0.29) is 7.40 Å². The quantitative estimate of drug-likeness (QED) is 0.799. The van der Waals surface area contributed by atoms with Crippen LogP contribution in [-0.2, 0) is 17.6 Å². The molecule has 2 N–H and O–H groups in total. The maximum absolute atomic E-state index is 11.9. The van der Waals surface area contributed by atoms with Gasteiger partial charge in [0.25, 0.3) is 0 Å². The zero-order valence-electron chi connectivity index (χ0n) is 10.5. The van der Waals surface area contributed by atoms with Crippen molar-refractivity contribution in [2.45, 2.75) is 26.7 Å². The SMILES string of the molecule is CCOC(=O)c1c[nH]c2c1-c1nc(C)[nH]c1CC2.[HH]. The Labute approximate surface area is 106 Å². The van der Waals surface area contributed by atoms with Gasteiger partial charge in [0.05, 0.1) is 17.9 Å². The number of carbonyl (C=O) groups is 1. The number of hydrogen-bond donors (Lipinski definition) is 2. The molecule has 0 bridgehead atoms. The Hall–Kier alpha value is -2.04. The lowest BCUT2D eigenvalue weighted by atomic mass is 9.96. The predicted molar refractivity (Wildman–Crippen MR) is 68.6 cm³/mol. The van der Waals surface area contributed by atoms with Crippen LogP contribution in [0, 0.1) is 6.92 Å². The van der Waals surface area contributed by atoms with Gasteiger partial charge in [-0.15, -0.1) is 0 Å². The number of nitrogens with zero attached hydrogens (tertiary/aromatic N) is 1. The topological polar surface area (TPSA) is 70.8 Å². The first-order chi connectivity index (χ1) is 8.70. The van der Waals surface area contributed by atoms with Crippen LogP contribution < -0.4 is 0 Å². The van der Waals surface area contributed by atoms with E-state index >= 15 is 0 Å². The maximum atomic E-state index is 11.9. The molecular weight excluding hydrogens is 230 g/mol. The fourth-order valence-electron chi connectivity index (χ4n) is 2.48. The van der Waals surface area contributed by atoms with Gasteiger partial charge in [0.1, 0.15) is 5.82 Å². The molecule has 0 spiro atoms. The molecule has 0 saturated heterocycles. The highest BCUT2D eigenvalue weighted by Crippen LogP contribution is 2.34. The summed E-state index contributed by atoms with van der Waals surface area (Å²) in [6, 6.07) is 0. The van der Waals surface area contributed by atoms with Gasteiger partial charge in [0, 0.05) is 24.6 Å². The van der Waals surface area contributed by atoms with Gasteiger partial charge in [-0.05, 0) is 26.7 Å². The summed E-state index contributed by atoms with van der Waals surface area (Å²) in [7, 11) is 0. The summed E-state index contributed by atoms with van der Waals surface area (Å²) < 4.78 is 5.08. The molecule has 5 heteroatoms. The van der Waals surface area contributed by atoms with Crippen molar-refractivity contribution in [1.82, 2.24) is 15.0 Å². The summed E-state index contributed by atoms with van der Waals surface area (Å²) in [4.78, 5) is 22.8. The molecule has 1 aliphatic rings. The molecule has 0 fully saturated rings. The van der Waals surface area contributed by atoms with Crippen molar-refractivity contribution in [3.63, 3.8) is 0 Å². The third kappa shape index (κ3) is 1.54. The van der Waals surface area contributed by atoms with Crippen molar-refractivity contribution in [1.29, 1.82) is 0 Å². The number of aryl methyl sites for hydroxylation is 3. The van der Waals surface area contributed by atoms with Crippen LogP contribution in [0.25, 0.3) is 11.3 Å². The average molecular weight is 247 g/mol. The smallest absolute Gasteiger partial charge is 0.340 e. The highest BCUT2D eigenvalue weighted by Gasteiger charge is 2.27. The van der Waals surface area contributed by atoms with Crippen molar-refractivity contribution in [2.24, 2.45) is 0 Å². The Morgan fingerprint density at radius 1 is 1.50 bits per heavy atom. The van der Waals surface area contributed by atoms with Crippen LogP contribution in [0.15, 0.2) is 6.20 Å². The van der Waals surface area contributed by atoms with Crippen molar-refractivity contribution in [3.05, 3.63) is 29.0 Å². The fourth-order valence-corrected chi connectivity index (χ4v) is 2.48. The molecule has 0 atom stereocenters. The van der Waals surface area contributed by atoms with Gasteiger partial charge in [0.15, 0.2) is 0 Å². The van der Waals surface area contributed by atoms with E-state index in [1.165, 1.54) is 0 Å². The highest BCUT2D eigenvalue weighted by atomic mass is 16.5. The van der Waals surface area contributed by atoms with Crippen LogP contribution in [-0.4, -0.2) is 27.5 Å². The van der Waals surface area contributed by atoms with E-state index in [2.05, 4.69) is 15.0 Å². The Bertz CT molecular complexity index is 615. The molecule has 0 radical (unpaired) electrons. The van der Waals surface area contributed by atoms with Gasteiger partial charge in [0.2, 0.25) is 0 Å². The Kier molecular flexibility index (Phi) is 2.47. The molecule has 1 aliphatic carbocycles. The molecule has 2 aromatic rings. The first kappa shape index (κ1) is 11.1. The number of imidazole rings is 1. The van der Waals surface area contributed by atoms with Crippen LogP contribution in [0.1, 0.15) is 35.9 Å². The molecule has 18 heavy (non-hydrogen) atoms. The summed E-state index contributed by atoms with van der Waals surface area (Å²) in [5.74, 6) is 0.590. The number of esters is 1. The normalized spacial score (nSPS) is 13.0. The molecule has 2 aromatic heterocycles. The number of nitrogens with one attached hydrogen (secondary N) is 2. The first-order valence-corrected chi connectivity index (χ1v) is 6.14. The van der Waals surface area contributed by atoms with Crippen molar-refractivity contribution < 1.29 is 11.0 Å². The number of aromatic nitrogens is 3. The van der Waals surface area contributed by atoms with Crippen molar-refractivity contribution >= 4 is 5.97 Å². The van der Waals surface area contributed by atoms with Gasteiger partial charge in [-0.3, -0.25) is 0 Å². The molecule has 2 heterocycles. The third-order valence-corrected chi connectivity index (χ3v) is 3.22. The lowest BCUT2D eigenvalue weighted by Gasteiger charge is -2.12. The lowest BCUT2D eigenvalue weighted by molar-refractivity contribution is 0.0527. The molecule has 96 valence electrons. The zero-order valence-corrected chi connectivity index (χ0v) is 10.5. The number of rotatable bonds is 2. The number of aromatic amines is 2. The Morgan fingerprint density at radius 3 is 3.06 bits per heavy atom. The Morgan fingerprint density at radius 2 is 2.28 bits per heavy atom. The van der Waals surface area contributed by atoms with E-state index in [0.29, 0.717) is 12.2 Å². The summed E-state index contributed by atoms with van der Waals surface area (Å²) in [6.45, 7) is 4.11. The molecule has 0 saturated carbocycles. The van der Waals surface area contributed by atoms with Crippen LogP contribution in [0.4, 0.5) is 0 Å². The number of carbonyl (C=O) groups excluding carboxylic acids is 1. The van der Waals surface area contributed by atoms with Gasteiger partial charge >= 0.3 is 5.97 Å². The van der Waals surface area contributed by atoms with E-state index in [4.69, 9.17) is 4.74 Å². The maximum Gasteiger partial charge on any atom is 0.340 e. The second-order valence-electron chi connectivity index (χ2n) is 4.43. The van der Waals surface area contributed by atoms with E-state index in [0.717, 1.165) is 41.3 Å². The van der Waals surface area contributed by atoms with Crippen LogP contribution >= 0.6 is 0 Å². The van der Waals surface area contributed by atoms with Crippen LogP contribution in [0.2, 0.25) is 0 Å². The van der Waals surface area contributed by atoms with Crippen LogP contribution in [0.3, 0.4) is 0 Å². The lowest BCUT2D eigenvalue weighted by Crippen LogP contribution is -2.08.